The number of nitrogens with zero attached hydrogens (tertiary/aromatic N) is 1. The van der Waals surface area contributed by atoms with Crippen LogP contribution in [0, 0.1) is 13.8 Å². The van der Waals surface area contributed by atoms with Crippen LogP contribution in [0.3, 0.4) is 0 Å². The zero-order valence-electron chi connectivity index (χ0n) is 11.2. The molecule has 5 heteroatoms. The second-order valence-corrected chi connectivity index (χ2v) is 4.43. The molecule has 0 aliphatic rings. The molecule has 1 aromatic rings. The fraction of sp³-hybridized carbons (Fsp3) is 0.462. The van der Waals surface area contributed by atoms with Crippen molar-refractivity contribution in [1.29, 1.82) is 0 Å². The second kappa shape index (κ2) is 5.73. The lowest BCUT2D eigenvalue weighted by Gasteiger charge is -2.24. The molecular weight excluding hydrogens is 232 g/mol. The maximum Gasteiger partial charge on any atom is 0.322 e. The first-order valence-electron chi connectivity index (χ1n) is 5.71. The third-order valence-corrected chi connectivity index (χ3v) is 2.91. The predicted molar refractivity (Wildman–Crippen MR) is 71.3 cm³/mol. The van der Waals surface area contributed by atoms with Crippen LogP contribution in [0.5, 0.6) is 5.75 Å². The maximum atomic E-state index is 10.7. The molecule has 0 spiro atoms. The molecule has 0 aliphatic heterocycles. The Morgan fingerprint density at radius 3 is 2.56 bits per heavy atom. The summed E-state index contributed by atoms with van der Waals surface area (Å²) in [6.45, 7) is 4.18. The van der Waals surface area contributed by atoms with E-state index in [0.717, 1.165) is 22.6 Å². The van der Waals surface area contributed by atoms with Crippen molar-refractivity contribution in [2.45, 2.75) is 19.9 Å². The zero-order valence-corrected chi connectivity index (χ0v) is 11.2. The number of rotatable bonds is 5. The molecule has 0 aromatic heterocycles. The number of hydrogen-bond donors (Lipinski definition) is 2. The average molecular weight is 252 g/mol. The van der Waals surface area contributed by atoms with Crippen LogP contribution in [0.25, 0.3) is 0 Å². The highest BCUT2D eigenvalue weighted by Crippen LogP contribution is 2.28. The summed E-state index contributed by atoms with van der Waals surface area (Å²) in [5, 5.41) is 8.81. The van der Waals surface area contributed by atoms with Gasteiger partial charge in [-0.25, -0.2) is 0 Å². The standard InChI is InChI=1S/C13H20N2O3/c1-8-6-12(18-4)9(2)5-11(8)15(3)7-10(14)13(16)17/h5-6,10H,7,14H2,1-4H3,(H,16,17). The number of hydrogen-bond acceptors (Lipinski definition) is 4. The predicted octanol–water partition coefficient (Wildman–Crippen LogP) is 1.16. The van der Waals surface area contributed by atoms with Crippen molar-refractivity contribution in [2.75, 3.05) is 25.6 Å². The van der Waals surface area contributed by atoms with E-state index in [4.69, 9.17) is 15.6 Å². The van der Waals surface area contributed by atoms with E-state index >= 15 is 0 Å². The van der Waals surface area contributed by atoms with Gasteiger partial charge in [0.25, 0.3) is 0 Å². The molecule has 0 heterocycles. The van der Waals surface area contributed by atoms with Gasteiger partial charge in [0, 0.05) is 19.3 Å². The largest absolute Gasteiger partial charge is 0.496 e. The summed E-state index contributed by atoms with van der Waals surface area (Å²) in [6, 6.07) is 3.02. The van der Waals surface area contributed by atoms with Crippen LogP contribution in [0.15, 0.2) is 12.1 Å². The van der Waals surface area contributed by atoms with Gasteiger partial charge in [-0.3, -0.25) is 4.79 Å². The molecule has 0 fully saturated rings. The number of anilines is 1. The molecular formula is C13H20N2O3. The Hall–Kier alpha value is -1.75. The topological polar surface area (TPSA) is 75.8 Å². The van der Waals surface area contributed by atoms with E-state index in [9.17, 15) is 4.79 Å². The summed E-state index contributed by atoms with van der Waals surface area (Å²) < 4.78 is 5.24. The summed E-state index contributed by atoms with van der Waals surface area (Å²) in [5.41, 5.74) is 8.53. The van der Waals surface area contributed by atoms with Gasteiger partial charge in [-0.05, 0) is 37.1 Å². The van der Waals surface area contributed by atoms with Crippen molar-refractivity contribution in [1.82, 2.24) is 0 Å². The number of carboxylic acids is 1. The first-order chi connectivity index (χ1) is 8.36. The summed E-state index contributed by atoms with van der Waals surface area (Å²) in [6.07, 6.45) is 0. The normalized spacial score (nSPS) is 12.1. The number of nitrogens with two attached hydrogens (primary N) is 1. The second-order valence-electron chi connectivity index (χ2n) is 4.43. The van der Waals surface area contributed by atoms with Crippen LogP contribution in [-0.4, -0.2) is 37.8 Å². The SMILES string of the molecule is COc1cc(C)c(N(C)CC(N)C(=O)O)cc1C. The molecule has 0 bridgehead atoms. The quantitative estimate of drug-likeness (QED) is 0.822. The van der Waals surface area contributed by atoms with Crippen molar-refractivity contribution in [3.63, 3.8) is 0 Å². The number of aliphatic carboxylic acids is 1. The molecule has 3 N–H and O–H groups in total. The van der Waals surface area contributed by atoms with Crippen LogP contribution >= 0.6 is 0 Å². The zero-order chi connectivity index (χ0) is 13.9. The van der Waals surface area contributed by atoms with Crippen molar-refractivity contribution in [3.8, 4) is 5.75 Å². The lowest BCUT2D eigenvalue weighted by molar-refractivity contribution is -0.138. The van der Waals surface area contributed by atoms with Crippen molar-refractivity contribution in [3.05, 3.63) is 23.3 Å². The minimum Gasteiger partial charge on any atom is -0.496 e. The maximum absolute atomic E-state index is 10.7. The number of methoxy groups -OCH3 is 1. The molecule has 1 atom stereocenters. The van der Waals surface area contributed by atoms with Crippen LogP contribution in [-0.2, 0) is 4.79 Å². The molecule has 1 unspecified atom stereocenters. The fourth-order valence-corrected chi connectivity index (χ4v) is 1.88. The van der Waals surface area contributed by atoms with Crippen molar-refractivity contribution in [2.24, 2.45) is 5.73 Å². The third kappa shape index (κ3) is 3.13. The summed E-state index contributed by atoms with van der Waals surface area (Å²) in [5.74, 6) is -0.170. The van der Waals surface area contributed by atoms with Gasteiger partial charge in [-0.15, -0.1) is 0 Å². The van der Waals surface area contributed by atoms with E-state index < -0.39 is 12.0 Å². The van der Waals surface area contributed by atoms with E-state index in [2.05, 4.69) is 0 Å². The number of benzene rings is 1. The first kappa shape index (κ1) is 14.3. The molecule has 1 rings (SSSR count). The van der Waals surface area contributed by atoms with Crippen LogP contribution in [0.4, 0.5) is 5.69 Å². The molecule has 5 nitrogen and oxygen atoms in total. The summed E-state index contributed by atoms with van der Waals surface area (Å²) in [4.78, 5) is 12.6. The number of carbonyl (C=O) groups is 1. The van der Waals surface area contributed by atoms with Crippen LogP contribution in [0.1, 0.15) is 11.1 Å². The highest BCUT2D eigenvalue weighted by atomic mass is 16.5. The Labute approximate surface area is 107 Å². The molecule has 0 amide bonds. The van der Waals surface area contributed by atoms with E-state index in [0.29, 0.717) is 0 Å². The molecule has 1 aromatic carbocycles. The van der Waals surface area contributed by atoms with Gasteiger partial charge in [0.2, 0.25) is 0 Å². The number of carboxylic acid groups (broad SMARTS) is 1. The van der Waals surface area contributed by atoms with Gasteiger partial charge in [0.05, 0.1) is 7.11 Å². The lowest BCUT2D eigenvalue weighted by atomic mass is 10.1. The van der Waals surface area contributed by atoms with Gasteiger partial charge in [-0.1, -0.05) is 0 Å². The van der Waals surface area contributed by atoms with Crippen molar-refractivity contribution < 1.29 is 14.6 Å². The lowest BCUT2D eigenvalue weighted by Crippen LogP contribution is -2.41. The van der Waals surface area contributed by atoms with E-state index in [-0.39, 0.29) is 6.54 Å². The minimum atomic E-state index is -0.996. The van der Waals surface area contributed by atoms with Crippen LogP contribution < -0.4 is 15.4 Å². The average Bonchev–Trinajstić information content (AvgIpc) is 2.31. The van der Waals surface area contributed by atoms with E-state index in [1.165, 1.54) is 0 Å². The Balaban J connectivity index is 2.96. The molecule has 18 heavy (non-hydrogen) atoms. The van der Waals surface area contributed by atoms with Gasteiger partial charge in [-0.2, -0.15) is 0 Å². The Bertz CT molecular complexity index is 446. The van der Waals surface area contributed by atoms with E-state index in [1.807, 2.05) is 37.9 Å². The molecule has 0 aliphatic carbocycles. The Morgan fingerprint density at radius 2 is 2.06 bits per heavy atom. The fourth-order valence-electron chi connectivity index (χ4n) is 1.88. The van der Waals surface area contributed by atoms with Gasteiger partial charge < -0.3 is 20.5 Å². The Morgan fingerprint density at radius 1 is 1.44 bits per heavy atom. The molecule has 100 valence electrons. The van der Waals surface area contributed by atoms with E-state index in [1.54, 1.807) is 7.11 Å². The van der Waals surface area contributed by atoms with Gasteiger partial charge >= 0.3 is 5.97 Å². The molecule has 0 saturated heterocycles. The number of ether oxygens (including phenoxy) is 1. The van der Waals surface area contributed by atoms with Gasteiger partial charge in [0.15, 0.2) is 0 Å². The minimum absolute atomic E-state index is 0.266. The number of likely N-dealkylation sites (N-methyl/N-ethyl adjacent to an activating group) is 1. The third-order valence-electron chi connectivity index (χ3n) is 2.91. The Kier molecular flexibility index (Phi) is 4.55. The van der Waals surface area contributed by atoms with Gasteiger partial charge in [0.1, 0.15) is 11.8 Å². The highest BCUT2D eigenvalue weighted by molar-refractivity contribution is 5.74. The van der Waals surface area contributed by atoms with Crippen LogP contribution in [0.2, 0.25) is 0 Å². The monoisotopic (exact) mass is 252 g/mol. The van der Waals surface area contributed by atoms with Crippen molar-refractivity contribution >= 4 is 11.7 Å². The molecule has 0 saturated carbocycles. The smallest absolute Gasteiger partial charge is 0.322 e. The summed E-state index contributed by atoms with van der Waals surface area (Å²) >= 11 is 0. The first-order valence-corrected chi connectivity index (χ1v) is 5.71. The number of aryl methyl sites for hydroxylation is 2. The molecule has 0 radical (unpaired) electrons. The summed E-state index contributed by atoms with van der Waals surface area (Å²) in [7, 11) is 3.46. The highest BCUT2D eigenvalue weighted by Gasteiger charge is 2.16.